The van der Waals surface area contributed by atoms with Crippen LogP contribution in [0.2, 0.25) is 0 Å². The molecule has 0 aliphatic rings. The number of benzene rings is 1. The molecule has 0 spiro atoms. The van der Waals surface area contributed by atoms with E-state index >= 15 is 0 Å². The Bertz CT molecular complexity index is 813. The van der Waals surface area contributed by atoms with Gasteiger partial charge in [0, 0.05) is 36.8 Å². The molecule has 5 nitrogen and oxygen atoms in total. The van der Waals surface area contributed by atoms with Crippen molar-refractivity contribution >= 4 is 16.8 Å². The number of fused-ring (bicyclic) bond motifs is 1. The summed E-state index contributed by atoms with van der Waals surface area (Å²) in [6.07, 6.45) is 4.16. The van der Waals surface area contributed by atoms with Gasteiger partial charge >= 0.3 is 0 Å². The second-order valence-electron chi connectivity index (χ2n) is 6.07. The number of aromatic nitrogens is 2. The number of para-hydroxylation sites is 1. The molecule has 126 valence electrons. The number of hydrogen-bond donors (Lipinski definition) is 1. The van der Waals surface area contributed by atoms with Crippen LogP contribution in [0.25, 0.3) is 10.9 Å². The molecule has 2 heterocycles. The summed E-state index contributed by atoms with van der Waals surface area (Å²) < 4.78 is 7.35. The zero-order chi connectivity index (χ0) is 16.9. The van der Waals surface area contributed by atoms with Gasteiger partial charge in [-0.15, -0.1) is 0 Å². The van der Waals surface area contributed by atoms with Crippen molar-refractivity contribution in [2.45, 2.75) is 39.7 Å². The van der Waals surface area contributed by atoms with Gasteiger partial charge in [0.2, 0.25) is 5.91 Å². The van der Waals surface area contributed by atoms with Gasteiger partial charge in [0.1, 0.15) is 5.76 Å². The number of hydrogen-bond acceptors (Lipinski definition) is 3. The van der Waals surface area contributed by atoms with E-state index in [0.717, 1.165) is 30.0 Å². The molecule has 1 aromatic carbocycles. The Balaban J connectivity index is 1.41. The summed E-state index contributed by atoms with van der Waals surface area (Å²) >= 11 is 0. The van der Waals surface area contributed by atoms with E-state index in [2.05, 4.69) is 45.5 Å². The van der Waals surface area contributed by atoms with Crippen LogP contribution in [0.15, 0.2) is 41.1 Å². The van der Waals surface area contributed by atoms with E-state index in [4.69, 9.17) is 4.52 Å². The average Bonchev–Trinajstić information content (AvgIpc) is 3.14. The SMILES string of the molecule is Cc1noc(C)c1CCC(=O)NCCCn1ccc2ccccc21. The second-order valence-corrected chi connectivity index (χ2v) is 6.07. The van der Waals surface area contributed by atoms with Gasteiger partial charge in [0.25, 0.3) is 0 Å². The molecule has 0 atom stereocenters. The molecule has 1 N–H and O–H groups in total. The molecule has 0 radical (unpaired) electrons. The molecule has 2 aromatic heterocycles. The summed E-state index contributed by atoms with van der Waals surface area (Å²) in [5.41, 5.74) is 3.16. The van der Waals surface area contributed by atoms with Crippen LogP contribution in [0.5, 0.6) is 0 Å². The standard InChI is InChI=1S/C19H23N3O2/c1-14-17(15(2)24-21-14)8-9-19(23)20-11-5-12-22-13-10-16-6-3-4-7-18(16)22/h3-4,6-7,10,13H,5,8-9,11-12H2,1-2H3,(H,20,23). The monoisotopic (exact) mass is 325 g/mol. The lowest BCUT2D eigenvalue weighted by Gasteiger charge is -2.07. The molecule has 0 saturated carbocycles. The van der Waals surface area contributed by atoms with Gasteiger partial charge in [0.05, 0.1) is 5.69 Å². The zero-order valence-electron chi connectivity index (χ0n) is 14.2. The molecule has 0 aliphatic carbocycles. The molecule has 0 saturated heterocycles. The Kier molecular flexibility index (Phi) is 4.99. The van der Waals surface area contributed by atoms with Crippen molar-refractivity contribution in [1.29, 1.82) is 0 Å². The molecule has 0 unspecified atom stereocenters. The Morgan fingerprint density at radius 3 is 2.88 bits per heavy atom. The highest BCUT2D eigenvalue weighted by Crippen LogP contribution is 2.15. The quantitative estimate of drug-likeness (QED) is 0.677. The molecule has 0 aliphatic heterocycles. The van der Waals surface area contributed by atoms with Crippen molar-refractivity contribution < 1.29 is 9.32 Å². The third-order valence-corrected chi connectivity index (χ3v) is 4.36. The second kappa shape index (κ2) is 7.34. The lowest BCUT2D eigenvalue weighted by Crippen LogP contribution is -2.25. The third-order valence-electron chi connectivity index (χ3n) is 4.36. The molecular weight excluding hydrogens is 302 g/mol. The number of amides is 1. The first kappa shape index (κ1) is 16.3. The molecular formula is C19H23N3O2. The van der Waals surface area contributed by atoms with Crippen LogP contribution in [0.3, 0.4) is 0 Å². The predicted molar refractivity (Wildman–Crippen MR) is 93.9 cm³/mol. The zero-order valence-corrected chi connectivity index (χ0v) is 14.2. The average molecular weight is 325 g/mol. The summed E-state index contributed by atoms with van der Waals surface area (Å²) in [5, 5.41) is 8.16. The predicted octanol–water partition coefficient (Wildman–Crippen LogP) is 3.39. The summed E-state index contributed by atoms with van der Waals surface area (Å²) in [6, 6.07) is 10.5. The number of nitrogens with zero attached hydrogens (tertiary/aromatic N) is 2. The smallest absolute Gasteiger partial charge is 0.220 e. The van der Waals surface area contributed by atoms with Gasteiger partial charge in [-0.3, -0.25) is 4.79 Å². The van der Waals surface area contributed by atoms with Crippen LogP contribution in [0.4, 0.5) is 0 Å². The highest BCUT2D eigenvalue weighted by molar-refractivity contribution is 5.79. The lowest BCUT2D eigenvalue weighted by molar-refractivity contribution is -0.121. The normalized spacial score (nSPS) is 11.1. The fraction of sp³-hybridized carbons (Fsp3) is 0.368. The maximum Gasteiger partial charge on any atom is 0.220 e. The van der Waals surface area contributed by atoms with Crippen LogP contribution < -0.4 is 5.32 Å². The van der Waals surface area contributed by atoms with Crippen LogP contribution in [-0.4, -0.2) is 22.2 Å². The van der Waals surface area contributed by atoms with Crippen molar-refractivity contribution in [2.75, 3.05) is 6.54 Å². The summed E-state index contributed by atoms with van der Waals surface area (Å²) in [4.78, 5) is 12.0. The first-order valence-corrected chi connectivity index (χ1v) is 8.37. The van der Waals surface area contributed by atoms with Crippen LogP contribution in [-0.2, 0) is 17.8 Å². The van der Waals surface area contributed by atoms with E-state index in [-0.39, 0.29) is 5.91 Å². The first-order valence-electron chi connectivity index (χ1n) is 8.37. The summed E-state index contributed by atoms with van der Waals surface area (Å²) in [7, 11) is 0. The fourth-order valence-corrected chi connectivity index (χ4v) is 3.00. The van der Waals surface area contributed by atoms with Crippen LogP contribution >= 0.6 is 0 Å². The molecule has 1 amide bonds. The minimum absolute atomic E-state index is 0.0763. The Hall–Kier alpha value is -2.56. The summed E-state index contributed by atoms with van der Waals surface area (Å²) in [5.74, 6) is 0.882. The number of nitrogens with one attached hydrogen (secondary N) is 1. The third kappa shape index (κ3) is 3.67. The van der Waals surface area contributed by atoms with Crippen molar-refractivity contribution in [3.8, 4) is 0 Å². The molecule has 5 heteroatoms. The molecule has 3 rings (SSSR count). The topological polar surface area (TPSA) is 60.1 Å². The fourth-order valence-electron chi connectivity index (χ4n) is 3.00. The maximum atomic E-state index is 12.0. The molecule has 0 bridgehead atoms. The van der Waals surface area contributed by atoms with E-state index in [1.165, 1.54) is 10.9 Å². The largest absolute Gasteiger partial charge is 0.361 e. The number of carbonyl (C=O) groups excluding carboxylic acids is 1. The van der Waals surface area contributed by atoms with E-state index in [9.17, 15) is 4.79 Å². The van der Waals surface area contributed by atoms with Gasteiger partial charge in [-0.2, -0.15) is 0 Å². The van der Waals surface area contributed by atoms with Gasteiger partial charge in [-0.25, -0.2) is 0 Å². The number of aryl methyl sites for hydroxylation is 3. The van der Waals surface area contributed by atoms with Crippen molar-refractivity contribution in [1.82, 2.24) is 15.0 Å². The van der Waals surface area contributed by atoms with E-state index in [0.29, 0.717) is 19.4 Å². The van der Waals surface area contributed by atoms with Gasteiger partial charge in [-0.05, 0) is 44.2 Å². The van der Waals surface area contributed by atoms with Gasteiger partial charge in [-0.1, -0.05) is 23.4 Å². The van der Waals surface area contributed by atoms with Crippen LogP contribution in [0.1, 0.15) is 29.9 Å². The lowest BCUT2D eigenvalue weighted by atomic mass is 10.1. The van der Waals surface area contributed by atoms with E-state index in [1.807, 2.05) is 19.9 Å². The van der Waals surface area contributed by atoms with E-state index in [1.54, 1.807) is 0 Å². The van der Waals surface area contributed by atoms with Gasteiger partial charge in [0.15, 0.2) is 0 Å². The molecule has 0 fully saturated rings. The highest BCUT2D eigenvalue weighted by atomic mass is 16.5. The Morgan fingerprint density at radius 2 is 2.08 bits per heavy atom. The van der Waals surface area contributed by atoms with Crippen molar-refractivity contribution in [3.63, 3.8) is 0 Å². The first-order chi connectivity index (χ1) is 11.6. The highest BCUT2D eigenvalue weighted by Gasteiger charge is 2.10. The number of carbonyl (C=O) groups is 1. The molecule has 24 heavy (non-hydrogen) atoms. The maximum absolute atomic E-state index is 12.0. The summed E-state index contributed by atoms with van der Waals surface area (Å²) in [6.45, 7) is 5.38. The minimum atomic E-state index is 0.0763. The Labute approximate surface area is 141 Å². The van der Waals surface area contributed by atoms with Gasteiger partial charge < -0.3 is 14.4 Å². The van der Waals surface area contributed by atoms with Crippen molar-refractivity contribution in [2.24, 2.45) is 0 Å². The number of rotatable bonds is 7. The minimum Gasteiger partial charge on any atom is -0.361 e. The molecule has 3 aromatic rings. The van der Waals surface area contributed by atoms with Crippen LogP contribution in [0, 0.1) is 13.8 Å². The van der Waals surface area contributed by atoms with Crippen molar-refractivity contribution in [3.05, 3.63) is 53.5 Å². The Morgan fingerprint density at radius 1 is 1.25 bits per heavy atom. The van der Waals surface area contributed by atoms with E-state index < -0.39 is 0 Å².